The molecule has 6 nitrogen and oxygen atoms in total. The van der Waals surface area contributed by atoms with E-state index in [1.54, 1.807) is 7.05 Å². The number of nitrogens with zero attached hydrogens (tertiary/aromatic N) is 1. The fourth-order valence-corrected chi connectivity index (χ4v) is 3.17. The van der Waals surface area contributed by atoms with Gasteiger partial charge in [0.15, 0.2) is 12.8 Å². The van der Waals surface area contributed by atoms with Crippen molar-refractivity contribution in [3.63, 3.8) is 0 Å². The largest absolute Gasteiger partial charge is 0.467 e. The number of hydrogen-bond donors (Lipinski definition) is 2. The van der Waals surface area contributed by atoms with Crippen LogP contribution in [0.15, 0.2) is 17.1 Å². The van der Waals surface area contributed by atoms with Gasteiger partial charge in [0.2, 0.25) is 0 Å². The van der Waals surface area contributed by atoms with Crippen LogP contribution in [0.3, 0.4) is 0 Å². The normalized spacial score (nSPS) is 17.7. The van der Waals surface area contributed by atoms with Crippen LogP contribution in [0.4, 0.5) is 4.39 Å². The molecule has 2 aliphatic heterocycles. The average molecular weight is 479 g/mol. The Bertz CT molecular complexity index is 610. The summed E-state index contributed by atoms with van der Waals surface area (Å²) >= 11 is 0. The molecular weight excluding hydrogens is 452 g/mol. The van der Waals surface area contributed by atoms with Crippen molar-refractivity contribution in [2.24, 2.45) is 10.9 Å². The SMILES string of the molecule is CN=C(NCCc1cc(F)cc2c1OCOC2)NCC1CCOCC1.I. The molecule has 1 saturated heterocycles. The summed E-state index contributed by atoms with van der Waals surface area (Å²) in [5, 5.41) is 6.64. The Hall–Kier alpha value is -1.13. The summed E-state index contributed by atoms with van der Waals surface area (Å²) in [6.07, 6.45) is 2.82. The van der Waals surface area contributed by atoms with E-state index in [1.807, 2.05) is 0 Å². The van der Waals surface area contributed by atoms with Crippen LogP contribution in [0.25, 0.3) is 0 Å². The average Bonchev–Trinajstić information content (AvgIpc) is 2.65. The maximum absolute atomic E-state index is 13.8. The molecule has 2 heterocycles. The molecule has 2 aliphatic rings. The first-order valence-corrected chi connectivity index (χ1v) is 8.80. The van der Waals surface area contributed by atoms with Gasteiger partial charge in [-0.15, -0.1) is 24.0 Å². The first-order chi connectivity index (χ1) is 12.3. The highest BCUT2D eigenvalue weighted by Gasteiger charge is 2.17. The summed E-state index contributed by atoms with van der Waals surface area (Å²) in [6.45, 7) is 3.82. The predicted octanol–water partition coefficient (Wildman–Crippen LogP) is 2.44. The van der Waals surface area contributed by atoms with E-state index < -0.39 is 0 Å². The highest BCUT2D eigenvalue weighted by molar-refractivity contribution is 14.0. The molecule has 1 aromatic rings. The molecule has 0 radical (unpaired) electrons. The molecule has 0 bridgehead atoms. The van der Waals surface area contributed by atoms with Gasteiger partial charge in [0.05, 0.1) is 6.61 Å². The third kappa shape index (κ3) is 5.95. The fraction of sp³-hybridized carbons (Fsp3) is 0.611. The lowest BCUT2D eigenvalue weighted by Gasteiger charge is -2.23. The van der Waals surface area contributed by atoms with Crippen LogP contribution in [0.1, 0.15) is 24.0 Å². The van der Waals surface area contributed by atoms with Crippen LogP contribution < -0.4 is 15.4 Å². The Balaban J connectivity index is 0.00000243. The molecule has 0 unspecified atom stereocenters. The van der Waals surface area contributed by atoms with Crippen LogP contribution in [0.2, 0.25) is 0 Å². The van der Waals surface area contributed by atoms with Crippen LogP contribution >= 0.6 is 24.0 Å². The molecule has 2 N–H and O–H groups in total. The minimum Gasteiger partial charge on any atom is -0.467 e. The molecule has 26 heavy (non-hydrogen) atoms. The van der Waals surface area contributed by atoms with E-state index in [0.717, 1.165) is 55.4 Å². The lowest BCUT2D eigenvalue weighted by atomic mass is 10.0. The molecule has 0 spiro atoms. The summed E-state index contributed by atoms with van der Waals surface area (Å²) in [4.78, 5) is 4.25. The van der Waals surface area contributed by atoms with Crippen molar-refractivity contribution >= 4 is 29.9 Å². The highest BCUT2D eigenvalue weighted by atomic mass is 127. The second-order valence-corrected chi connectivity index (χ2v) is 6.35. The first-order valence-electron chi connectivity index (χ1n) is 8.80. The van der Waals surface area contributed by atoms with E-state index in [-0.39, 0.29) is 36.6 Å². The van der Waals surface area contributed by atoms with Gasteiger partial charge < -0.3 is 24.8 Å². The number of hydrogen-bond acceptors (Lipinski definition) is 4. The van der Waals surface area contributed by atoms with Crippen LogP contribution in [0, 0.1) is 11.7 Å². The molecular formula is C18H27FIN3O3. The van der Waals surface area contributed by atoms with E-state index in [4.69, 9.17) is 14.2 Å². The predicted molar refractivity (Wildman–Crippen MR) is 109 cm³/mol. The molecule has 0 saturated carbocycles. The molecule has 0 aromatic heterocycles. The van der Waals surface area contributed by atoms with Gasteiger partial charge in [-0.1, -0.05) is 0 Å². The Morgan fingerprint density at radius 2 is 2.04 bits per heavy atom. The second-order valence-electron chi connectivity index (χ2n) is 6.35. The molecule has 3 rings (SSSR count). The van der Waals surface area contributed by atoms with Crippen molar-refractivity contribution in [3.05, 3.63) is 29.1 Å². The molecule has 1 aromatic carbocycles. The van der Waals surface area contributed by atoms with E-state index in [9.17, 15) is 4.39 Å². The molecule has 0 aliphatic carbocycles. The second kappa shape index (κ2) is 10.9. The monoisotopic (exact) mass is 479 g/mol. The number of nitrogens with one attached hydrogen (secondary N) is 2. The Morgan fingerprint density at radius 3 is 2.81 bits per heavy atom. The summed E-state index contributed by atoms with van der Waals surface area (Å²) in [5.41, 5.74) is 1.62. The minimum absolute atomic E-state index is 0. The van der Waals surface area contributed by atoms with Crippen molar-refractivity contribution in [3.8, 4) is 5.75 Å². The van der Waals surface area contributed by atoms with E-state index in [0.29, 0.717) is 25.5 Å². The molecule has 0 atom stereocenters. The zero-order valence-electron chi connectivity index (χ0n) is 15.1. The van der Waals surface area contributed by atoms with Gasteiger partial charge in [0, 0.05) is 38.9 Å². The van der Waals surface area contributed by atoms with Crippen molar-refractivity contribution in [2.45, 2.75) is 25.9 Å². The van der Waals surface area contributed by atoms with Gasteiger partial charge >= 0.3 is 0 Å². The lowest BCUT2D eigenvalue weighted by molar-refractivity contribution is -0.0172. The maximum Gasteiger partial charge on any atom is 0.190 e. The fourth-order valence-electron chi connectivity index (χ4n) is 3.17. The van der Waals surface area contributed by atoms with Gasteiger partial charge in [-0.3, -0.25) is 4.99 Å². The van der Waals surface area contributed by atoms with E-state index >= 15 is 0 Å². The molecule has 8 heteroatoms. The number of rotatable bonds is 5. The Morgan fingerprint density at radius 1 is 1.23 bits per heavy atom. The molecule has 146 valence electrons. The number of aliphatic imine (C=N–C) groups is 1. The quantitative estimate of drug-likeness (QED) is 0.386. The van der Waals surface area contributed by atoms with Crippen molar-refractivity contribution in [1.82, 2.24) is 10.6 Å². The van der Waals surface area contributed by atoms with Crippen molar-refractivity contribution in [1.29, 1.82) is 0 Å². The summed E-state index contributed by atoms with van der Waals surface area (Å²) in [7, 11) is 1.75. The Labute approximate surface area is 170 Å². The summed E-state index contributed by atoms with van der Waals surface area (Å²) < 4.78 is 29.9. The lowest BCUT2D eigenvalue weighted by Crippen LogP contribution is -2.41. The third-order valence-electron chi connectivity index (χ3n) is 4.56. The van der Waals surface area contributed by atoms with Gasteiger partial charge in [0.25, 0.3) is 0 Å². The number of benzene rings is 1. The van der Waals surface area contributed by atoms with Gasteiger partial charge in [0.1, 0.15) is 11.6 Å². The highest BCUT2D eigenvalue weighted by Crippen LogP contribution is 2.29. The zero-order chi connectivity index (χ0) is 17.5. The van der Waals surface area contributed by atoms with Gasteiger partial charge in [-0.2, -0.15) is 0 Å². The van der Waals surface area contributed by atoms with Crippen LogP contribution in [-0.2, 0) is 22.5 Å². The van der Waals surface area contributed by atoms with Crippen molar-refractivity contribution < 1.29 is 18.6 Å². The van der Waals surface area contributed by atoms with Gasteiger partial charge in [-0.25, -0.2) is 4.39 Å². The van der Waals surface area contributed by atoms with E-state index in [2.05, 4.69) is 15.6 Å². The van der Waals surface area contributed by atoms with Gasteiger partial charge in [-0.05, 0) is 42.9 Å². The van der Waals surface area contributed by atoms with Crippen LogP contribution in [0.5, 0.6) is 5.75 Å². The summed E-state index contributed by atoms with van der Waals surface area (Å²) in [5.74, 6) is 1.88. The summed E-state index contributed by atoms with van der Waals surface area (Å²) in [6, 6.07) is 3.00. The minimum atomic E-state index is -0.259. The standard InChI is InChI=1S/C18H26FN3O3.HI/c1-20-18(22-10-13-3-6-23-7-4-13)21-5-2-14-8-16(19)9-15-11-24-12-25-17(14)15;/h8-9,13H,2-7,10-12H2,1H3,(H2,20,21,22);1H. The number of guanidine groups is 1. The van der Waals surface area contributed by atoms with Crippen molar-refractivity contribution in [2.75, 3.05) is 40.1 Å². The number of fused-ring (bicyclic) bond motifs is 1. The Kier molecular flexibility index (Phi) is 8.86. The van der Waals surface area contributed by atoms with Crippen LogP contribution in [-0.4, -0.2) is 46.1 Å². The zero-order valence-corrected chi connectivity index (χ0v) is 17.4. The smallest absolute Gasteiger partial charge is 0.190 e. The molecule has 1 fully saturated rings. The van der Waals surface area contributed by atoms with E-state index in [1.165, 1.54) is 12.1 Å². The topological polar surface area (TPSA) is 64.1 Å². The first kappa shape index (κ1) is 21.2. The molecule has 0 amide bonds. The number of ether oxygens (including phenoxy) is 3. The number of halogens is 2. The maximum atomic E-state index is 13.8. The third-order valence-corrected chi connectivity index (χ3v) is 4.56.